The molecule has 1 saturated heterocycles. The average molecular weight is 129 g/mol. The molecule has 0 saturated carbocycles. The number of hydrogen-bond donors (Lipinski definition) is 0. The molecule has 0 radical (unpaired) electrons. The standard InChI is InChI=1S/C6H11NO2/c1-3-9-6(8)7-4-5(7)2/h5H,3-4H2,1-2H3/t5-,7?/m1/s1. The van der Waals surface area contributed by atoms with Gasteiger partial charge >= 0.3 is 6.09 Å². The van der Waals surface area contributed by atoms with Gasteiger partial charge in [-0.25, -0.2) is 4.79 Å². The van der Waals surface area contributed by atoms with Gasteiger partial charge in [0.05, 0.1) is 12.6 Å². The number of rotatable bonds is 1. The summed E-state index contributed by atoms with van der Waals surface area (Å²) in [5.74, 6) is 0. The van der Waals surface area contributed by atoms with E-state index in [1.165, 1.54) is 0 Å². The Hall–Kier alpha value is -0.730. The summed E-state index contributed by atoms with van der Waals surface area (Å²) >= 11 is 0. The minimum atomic E-state index is -0.176. The molecular weight excluding hydrogens is 118 g/mol. The van der Waals surface area contributed by atoms with Gasteiger partial charge < -0.3 is 9.64 Å². The molecule has 0 bridgehead atoms. The Labute approximate surface area is 54.6 Å². The lowest BCUT2D eigenvalue weighted by Gasteiger charge is -2.00. The van der Waals surface area contributed by atoms with Gasteiger partial charge in [-0.2, -0.15) is 0 Å². The molecule has 9 heavy (non-hydrogen) atoms. The van der Waals surface area contributed by atoms with Crippen molar-refractivity contribution in [2.75, 3.05) is 13.2 Å². The van der Waals surface area contributed by atoms with Gasteiger partial charge in [-0.1, -0.05) is 0 Å². The molecule has 1 aliphatic heterocycles. The first-order valence-electron chi connectivity index (χ1n) is 3.19. The first kappa shape index (κ1) is 6.39. The van der Waals surface area contributed by atoms with Crippen molar-refractivity contribution in [3.05, 3.63) is 0 Å². The number of carbonyl (C=O) groups excluding carboxylic acids is 1. The molecule has 0 aromatic heterocycles. The van der Waals surface area contributed by atoms with Gasteiger partial charge in [-0.3, -0.25) is 0 Å². The maximum atomic E-state index is 10.7. The minimum absolute atomic E-state index is 0.176. The third kappa shape index (κ3) is 1.34. The van der Waals surface area contributed by atoms with E-state index in [4.69, 9.17) is 4.74 Å². The number of hydrogen-bond acceptors (Lipinski definition) is 2. The highest BCUT2D eigenvalue weighted by atomic mass is 16.6. The zero-order valence-corrected chi connectivity index (χ0v) is 5.76. The number of nitrogens with zero attached hydrogens (tertiary/aromatic N) is 1. The van der Waals surface area contributed by atoms with E-state index in [1.807, 2.05) is 13.8 Å². The summed E-state index contributed by atoms with van der Waals surface area (Å²) in [7, 11) is 0. The average Bonchev–Trinajstić information content (AvgIpc) is 2.47. The predicted octanol–water partition coefficient (Wildman–Crippen LogP) is 0.847. The second-order valence-corrected chi connectivity index (χ2v) is 2.20. The van der Waals surface area contributed by atoms with Crippen molar-refractivity contribution < 1.29 is 9.53 Å². The number of ether oxygens (including phenoxy) is 1. The van der Waals surface area contributed by atoms with Crippen molar-refractivity contribution in [1.29, 1.82) is 0 Å². The van der Waals surface area contributed by atoms with E-state index in [1.54, 1.807) is 4.90 Å². The first-order chi connectivity index (χ1) is 4.25. The monoisotopic (exact) mass is 129 g/mol. The van der Waals surface area contributed by atoms with Crippen LogP contribution in [0.4, 0.5) is 4.79 Å². The zero-order valence-electron chi connectivity index (χ0n) is 5.76. The van der Waals surface area contributed by atoms with Crippen LogP contribution in [0.3, 0.4) is 0 Å². The predicted molar refractivity (Wildman–Crippen MR) is 33.2 cm³/mol. The van der Waals surface area contributed by atoms with Gasteiger partial charge in [0.25, 0.3) is 0 Å². The molecule has 0 N–H and O–H groups in total. The van der Waals surface area contributed by atoms with Gasteiger partial charge in [0.1, 0.15) is 0 Å². The summed E-state index contributed by atoms with van der Waals surface area (Å²) in [5, 5.41) is 0. The second kappa shape index (κ2) is 2.25. The Bertz CT molecular complexity index is 124. The third-order valence-corrected chi connectivity index (χ3v) is 1.36. The van der Waals surface area contributed by atoms with E-state index < -0.39 is 0 Å². The van der Waals surface area contributed by atoms with Crippen molar-refractivity contribution in [2.45, 2.75) is 19.9 Å². The van der Waals surface area contributed by atoms with Gasteiger partial charge in [-0.15, -0.1) is 0 Å². The summed E-state index contributed by atoms with van der Waals surface area (Å²) in [6.07, 6.45) is -0.176. The third-order valence-electron chi connectivity index (χ3n) is 1.36. The van der Waals surface area contributed by atoms with Crippen LogP contribution in [0.2, 0.25) is 0 Å². The fourth-order valence-corrected chi connectivity index (χ4v) is 0.698. The molecule has 0 aromatic carbocycles. The van der Waals surface area contributed by atoms with Crippen LogP contribution in [-0.2, 0) is 4.74 Å². The molecule has 1 rings (SSSR count). The van der Waals surface area contributed by atoms with Crippen LogP contribution in [0.25, 0.3) is 0 Å². The normalized spacial score (nSPS) is 23.8. The summed E-state index contributed by atoms with van der Waals surface area (Å²) < 4.78 is 4.72. The van der Waals surface area contributed by atoms with Gasteiger partial charge in [-0.05, 0) is 13.8 Å². The fraction of sp³-hybridized carbons (Fsp3) is 0.833. The molecule has 3 nitrogen and oxygen atoms in total. The molecule has 0 spiro atoms. The van der Waals surface area contributed by atoms with Crippen LogP contribution in [-0.4, -0.2) is 30.2 Å². The minimum Gasteiger partial charge on any atom is -0.450 e. The lowest BCUT2D eigenvalue weighted by atomic mass is 10.6. The van der Waals surface area contributed by atoms with Gasteiger partial charge in [0.15, 0.2) is 0 Å². The van der Waals surface area contributed by atoms with E-state index in [0.29, 0.717) is 12.6 Å². The Kier molecular flexibility index (Phi) is 1.60. The molecule has 0 aromatic rings. The fourth-order valence-electron chi connectivity index (χ4n) is 0.698. The second-order valence-electron chi connectivity index (χ2n) is 2.20. The van der Waals surface area contributed by atoms with Crippen LogP contribution in [0.15, 0.2) is 0 Å². The van der Waals surface area contributed by atoms with Crippen molar-refractivity contribution in [2.24, 2.45) is 0 Å². The maximum Gasteiger partial charge on any atom is 0.410 e. The lowest BCUT2D eigenvalue weighted by Crippen LogP contribution is -2.13. The number of amides is 1. The Balaban J connectivity index is 2.20. The van der Waals surface area contributed by atoms with E-state index in [2.05, 4.69) is 0 Å². The van der Waals surface area contributed by atoms with E-state index >= 15 is 0 Å². The molecule has 52 valence electrons. The summed E-state index contributed by atoms with van der Waals surface area (Å²) in [5.41, 5.74) is 0. The molecule has 0 aliphatic carbocycles. The maximum absolute atomic E-state index is 10.7. The molecule has 1 amide bonds. The SMILES string of the molecule is CCOC(=O)N1C[C@H]1C. The smallest absolute Gasteiger partial charge is 0.410 e. The summed E-state index contributed by atoms with van der Waals surface area (Å²) in [6, 6.07) is 0.407. The molecule has 1 fully saturated rings. The lowest BCUT2D eigenvalue weighted by molar-refractivity contribution is 0.135. The molecule has 3 heteroatoms. The summed E-state index contributed by atoms with van der Waals surface area (Å²) in [6.45, 7) is 5.14. The molecule has 1 heterocycles. The van der Waals surface area contributed by atoms with Crippen LogP contribution in [0.5, 0.6) is 0 Å². The van der Waals surface area contributed by atoms with Crippen LogP contribution < -0.4 is 0 Å². The van der Waals surface area contributed by atoms with Crippen molar-refractivity contribution in [3.63, 3.8) is 0 Å². The van der Waals surface area contributed by atoms with E-state index in [9.17, 15) is 4.79 Å². The van der Waals surface area contributed by atoms with Gasteiger partial charge in [0.2, 0.25) is 0 Å². The Morgan fingerprint density at radius 3 is 2.78 bits per heavy atom. The largest absolute Gasteiger partial charge is 0.450 e. The van der Waals surface area contributed by atoms with E-state index in [-0.39, 0.29) is 6.09 Å². The van der Waals surface area contributed by atoms with Crippen molar-refractivity contribution >= 4 is 6.09 Å². The van der Waals surface area contributed by atoms with Crippen LogP contribution in [0, 0.1) is 0 Å². The first-order valence-corrected chi connectivity index (χ1v) is 3.19. The van der Waals surface area contributed by atoms with Gasteiger partial charge in [0, 0.05) is 6.54 Å². The molecular formula is C6H11NO2. The number of carbonyl (C=O) groups is 1. The topological polar surface area (TPSA) is 29.3 Å². The highest BCUT2D eigenvalue weighted by Crippen LogP contribution is 2.16. The highest BCUT2D eigenvalue weighted by molar-refractivity contribution is 5.70. The molecule has 1 atom stereocenters. The van der Waals surface area contributed by atoms with Crippen molar-refractivity contribution in [1.82, 2.24) is 4.90 Å². The van der Waals surface area contributed by atoms with Crippen molar-refractivity contribution in [3.8, 4) is 0 Å². The Morgan fingerprint density at radius 1 is 1.89 bits per heavy atom. The van der Waals surface area contributed by atoms with Crippen LogP contribution in [0.1, 0.15) is 13.8 Å². The highest BCUT2D eigenvalue weighted by Gasteiger charge is 2.34. The Morgan fingerprint density at radius 2 is 2.44 bits per heavy atom. The van der Waals surface area contributed by atoms with E-state index in [0.717, 1.165) is 6.54 Å². The summed E-state index contributed by atoms with van der Waals surface area (Å²) in [4.78, 5) is 12.4. The molecule has 0 unspecified atom stereocenters. The van der Waals surface area contributed by atoms with Crippen LogP contribution >= 0.6 is 0 Å². The quantitative estimate of drug-likeness (QED) is 0.491. The zero-order chi connectivity index (χ0) is 6.85. The molecule has 1 aliphatic rings.